The molecule has 0 aliphatic heterocycles. The summed E-state index contributed by atoms with van der Waals surface area (Å²) in [6.45, 7) is 2.68. The van der Waals surface area contributed by atoms with Crippen LogP contribution < -0.4 is 5.32 Å². The van der Waals surface area contributed by atoms with Crippen molar-refractivity contribution in [1.29, 1.82) is 0 Å². The molecule has 17 heavy (non-hydrogen) atoms. The summed E-state index contributed by atoms with van der Waals surface area (Å²) in [6, 6.07) is 7.80. The molecule has 0 radical (unpaired) electrons. The van der Waals surface area contributed by atoms with Gasteiger partial charge in [-0.2, -0.15) is 5.10 Å². The van der Waals surface area contributed by atoms with Crippen LogP contribution in [0.15, 0.2) is 28.7 Å². The van der Waals surface area contributed by atoms with E-state index in [1.807, 2.05) is 36.9 Å². The molecule has 90 valence electrons. The highest BCUT2D eigenvalue weighted by atomic mass is 79.9. The van der Waals surface area contributed by atoms with Gasteiger partial charge in [-0.3, -0.25) is 4.68 Å². The number of nitrogens with one attached hydrogen (secondary N) is 1. The van der Waals surface area contributed by atoms with Gasteiger partial charge in [0.05, 0.1) is 28.6 Å². The fourth-order valence-corrected chi connectivity index (χ4v) is 2.19. The van der Waals surface area contributed by atoms with Gasteiger partial charge in [-0.15, -0.1) is 0 Å². The summed E-state index contributed by atoms with van der Waals surface area (Å²) >= 11 is 9.53. The lowest BCUT2D eigenvalue weighted by atomic mass is 10.3. The number of aromatic nitrogens is 2. The van der Waals surface area contributed by atoms with Crippen LogP contribution >= 0.6 is 27.5 Å². The van der Waals surface area contributed by atoms with Gasteiger partial charge in [0, 0.05) is 11.5 Å². The highest BCUT2D eigenvalue weighted by Crippen LogP contribution is 2.26. The van der Waals surface area contributed by atoms with Gasteiger partial charge in [-0.05, 0) is 31.2 Å². The maximum atomic E-state index is 6.10. The molecule has 3 nitrogen and oxygen atoms in total. The first kappa shape index (κ1) is 12.5. The maximum absolute atomic E-state index is 6.10. The van der Waals surface area contributed by atoms with Crippen molar-refractivity contribution in [3.05, 3.63) is 45.1 Å². The molecule has 0 fully saturated rings. The predicted molar refractivity (Wildman–Crippen MR) is 74.4 cm³/mol. The molecule has 2 aromatic rings. The van der Waals surface area contributed by atoms with Gasteiger partial charge in [0.1, 0.15) is 0 Å². The molecule has 0 unspecified atom stereocenters. The molecular weight excluding hydrogens is 302 g/mol. The molecule has 0 aliphatic rings. The molecule has 1 aromatic heterocycles. The number of anilines is 1. The third-order valence-corrected chi connectivity index (χ3v) is 3.31. The Bertz CT molecular complexity index is 537. The minimum atomic E-state index is 0.702. The van der Waals surface area contributed by atoms with Gasteiger partial charge in [0.15, 0.2) is 0 Å². The second-order valence-corrected chi connectivity index (χ2v) is 5.20. The number of rotatable bonds is 3. The zero-order chi connectivity index (χ0) is 12.4. The topological polar surface area (TPSA) is 29.9 Å². The molecule has 1 N–H and O–H groups in total. The summed E-state index contributed by atoms with van der Waals surface area (Å²) in [4.78, 5) is 0. The fourth-order valence-electron chi connectivity index (χ4n) is 1.65. The highest BCUT2D eigenvalue weighted by molar-refractivity contribution is 9.10. The summed E-state index contributed by atoms with van der Waals surface area (Å²) in [6.07, 6.45) is 0. The summed E-state index contributed by atoms with van der Waals surface area (Å²) in [5.74, 6) is 0. The molecule has 0 bridgehead atoms. The van der Waals surface area contributed by atoms with Crippen LogP contribution in [0.5, 0.6) is 0 Å². The number of hydrogen-bond acceptors (Lipinski definition) is 2. The molecule has 5 heteroatoms. The smallest absolute Gasteiger partial charge is 0.0638 e. The minimum absolute atomic E-state index is 0.702. The first-order valence-corrected chi connectivity index (χ1v) is 6.42. The molecule has 0 atom stereocenters. The summed E-state index contributed by atoms with van der Waals surface area (Å²) in [5.41, 5.74) is 3.06. The van der Waals surface area contributed by atoms with Crippen molar-refractivity contribution in [2.45, 2.75) is 13.5 Å². The molecule has 0 spiro atoms. The van der Waals surface area contributed by atoms with Crippen LogP contribution in [0.3, 0.4) is 0 Å². The van der Waals surface area contributed by atoms with E-state index in [1.54, 1.807) is 0 Å². The van der Waals surface area contributed by atoms with Crippen molar-refractivity contribution in [2.24, 2.45) is 7.05 Å². The van der Waals surface area contributed by atoms with E-state index in [0.29, 0.717) is 11.6 Å². The van der Waals surface area contributed by atoms with Crippen LogP contribution in [0.2, 0.25) is 5.02 Å². The Morgan fingerprint density at radius 3 is 2.82 bits per heavy atom. The number of benzene rings is 1. The predicted octanol–water partition coefficient (Wildman–Crippen LogP) is 3.76. The van der Waals surface area contributed by atoms with Gasteiger partial charge in [0.25, 0.3) is 0 Å². The molecule has 1 aromatic carbocycles. The largest absolute Gasteiger partial charge is 0.378 e. The monoisotopic (exact) mass is 313 g/mol. The highest BCUT2D eigenvalue weighted by Gasteiger charge is 2.04. The van der Waals surface area contributed by atoms with E-state index >= 15 is 0 Å². The lowest BCUT2D eigenvalue weighted by Gasteiger charge is -2.08. The third-order valence-electron chi connectivity index (χ3n) is 2.49. The van der Waals surface area contributed by atoms with Crippen LogP contribution in [0.1, 0.15) is 11.4 Å². The quantitative estimate of drug-likeness (QED) is 0.935. The Morgan fingerprint density at radius 1 is 1.41 bits per heavy atom. The van der Waals surface area contributed by atoms with Crippen LogP contribution in [0, 0.1) is 6.92 Å². The second-order valence-electron chi connectivity index (χ2n) is 3.88. The van der Waals surface area contributed by atoms with E-state index in [2.05, 4.69) is 32.4 Å². The summed E-state index contributed by atoms with van der Waals surface area (Å²) in [7, 11) is 1.94. The second kappa shape index (κ2) is 5.10. The van der Waals surface area contributed by atoms with E-state index in [1.165, 1.54) is 0 Å². The molecule has 0 saturated carbocycles. The van der Waals surface area contributed by atoms with Gasteiger partial charge in [0.2, 0.25) is 0 Å². The van der Waals surface area contributed by atoms with Crippen molar-refractivity contribution in [3.8, 4) is 0 Å². The minimum Gasteiger partial charge on any atom is -0.378 e. The van der Waals surface area contributed by atoms with Gasteiger partial charge in [-0.1, -0.05) is 27.5 Å². The Kier molecular flexibility index (Phi) is 3.74. The Hall–Kier alpha value is -1.00. The first-order valence-electron chi connectivity index (χ1n) is 5.24. The van der Waals surface area contributed by atoms with E-state index in [0.717, 1.165) is 21.5 Å². The fraction of sp³-hybridized carbons (Fsp3) is 0.250. The number of aryl methyl sites for hydroxylation is 2. The van der Waals surface area contributed by atoms with E-state index < -0.39 is 0 Å². The lowest BCUT2D eigenvalue weighted by molar-refractivity contribution is 0.713. The third kappa shape index (κ3) is 3.01. The average Bonchev–Trinajstić information content (AvgIpc) is 2.59. The Morgan fingerprint density at radius 2 is 2.18 bits per heavy atom. The van der Waals surface area contributed by atoms with E-state index in [9.17, 15) is 0 Å². The van der Waals surface area contributed by atoms with E-state index in [-0.39, 0.29) is 0 Å². The standard InChI is InChI=1S/C12H13BrClN3/c1-8-5-10(17(2)16-8)7-15-12-6-9(13)3-4-11(12)14/h3-6,15H,7H2,1-2H3. The molecule has 0 aliphatic carbocycles. The Balaban J connectivity index is 2.12. The summed E-state index contributed by atoms with van der Waals surface area (Å²) < 4.78 is 2.87. The van der Waals surface area contributed by atoms with Gasteiger partial charge in [-0.25, -0.2) is 0 Å². The molecule has 0 amide bonds. The lowest BCUT2D eigenvalue weighted by Crippen LogP contribution is -2.05. The zero-order valence-electron chi connectivity index (χ0n) is 9.67. The van der Waals surface area contributed by atoms with Crippen molar-refractivity contribution < 1.29 is 0 Å². The van der Waals surface area contributed by atoms with Crippen molar-refractivity contribution in [1.82, 2.24) is 9.78 Å². The number of halogens is 2. The number of nitrogens with zero attached hydrogens (tertiary/aromatic N) is 2. The van der Waals surface area contributed by atoms with Crippen molar-refractivity contribution >= 4 is 33.2 Å². The van der Waals surface area contributed by atoms with Crippen LogP contribution in [-0.4, -0.2) is 9.78 Å². The molecule has 0 saturated heterocycles. The number of hydrogen-bond donors (Lipinski definition) is 1. The normalized spacial score (nSPS) is 10.6. The SMILES string of the molecule is Cc1cc(CNc2cc(Br)ccc2Cl)n(C)n1. The average molecular weight is 315 g/mol. The molecule has 2 rings (SSSR count). The first-order chi connectivity index (χ1) is 8.06. The van der Waals surface area contributed by atoms with Crippen LogP contribution in [0.4, 0.5) is 5.69 Å². The Labute approximate surface area is 114 Å². The van der Waals surface area contributed by atoms with Gasteiger partial charge < -0.3 is 5.32 Å². The van der Waals surface area contributed by atoms with Crippen LogP contribution in [-0.2, 0) is 13.6 Å². The molecular formula is C12H13BrClN3. The summed E-state index contributed by atoms with van der Waals surface area (Å²) in [5, 5.41) is 8.31. The van der Waals surface area contributed by atoms with Crippen molar-refractivity contribution in [3.63, 3.8) is 0 Å². The maximum Gasteiger partial charge on any atom is 0.0638 e. The van der Waals surface area contributed by atoms with E-state index in [4.69, 9.17) is 11.6 Å². The van der Waals surface area contributed by atoms with Gasteiger partial charge >= 0.3 is 0 Å². The zero-order valence-corrected chi connectivity index (χ0v) is 12.0. The van der Waals surface area contributed by atoms with Crippen molar-refractivity contribution in [2.75, 3.05) is 5.32 Å². The van der Waals surface area contributed by atoms with Crippen LogP contribution in [0.25, 0.3) is 0 Å². The molecule has 1 heterocycles.